The molecule has 1 aromatic rings. The van der Waals surface area contributed by atoms with E-state index in [0.29, 0.717) is 22.4 Å². The zero-order valence-electron chi connectivity index (χ0n) is 9.54. The molecule has 0 saturated heterocycles. The van der Waals surface area contributed by atoms with Crippen molar-refractivity contribution in [3.63, 3.8) is 0 Å². The number of aliphatic hydroxyl groups is 1. The largest absolute Gasteiger partial charge is 0.382 e. The summed E-state index contributed by atoms with van der Waals surface area (Å²) >= 11 is 5.43. The van der Waals surface area contributed by atoms with E-state index < -0.39 is 6.10 Å². The van der Waals surface area contributed by atoms with Gasteiger partial charge in [0, 0.05) is 31.6 Å². The highest BCUT2D eigenvalue weighted by molar-refractivity contribution is 14.1. The Morgan fingerprint density at radius 3 is 2.88 bits per heavy atom. The zero-order chi connectivity index (χ0) is 13.0. The second-order valence-electron chi connectivity index (χ2n) is 3.38. The minimum absolute atomic E-state index is 0.462. The molecule has 3 N–H and O–H groups in total. The van der Waals surface area contributed by atoms with Gasteiger partial charge in [-0.3, -0.25) is 4.68 Å². The van der Waals surface area contributed by atoms with Crippen molar-refractivity contribution in [2.75, 3.05) is 6.54 Å². The van der Waals surface area contributed by atoms with Gasteiger partial charge in [-0.2, -0.15) is 5.10 Å². The van der Waals surface area contributed by atoms with Crippen LogP contribution in [-0.2, 0) is 7.05 Å². The van der Waals surface area contributed by atoms with Crippen LogP contribution in [0.25, 0.3) is 0 Å². The molecule has 0 saturated carbocycles. The molecule has 0 aliphatic carbocycles. The highest BCUT2D eigenvalue weighted by Gasteiger charge is 2.20. The van der Waals surface area contributed by atoms with Crippen LogP contribution in [0.3, 0.4) is 0 Å². The quantitative estimate of drug-likeness (QED) is 0.393. The van der Waals surface area contributed by atoms with Crippen molar-refractivity contribution >= 4 is 44.7 Å². The van der Waals surface area contributed by atoms with Crippen molar-refractivity contribution in [3.05, 3.63) is 25.6 Å². The fourth-order valence-electron chi connectivity index (χ4n) is 1.33. The number of aryl methyl sites for hydroxylation is 1. The summed E-state index contributed by atoms with van der Waals surface area (Å²) in [5.41, 5.74) is 1.02. The van der Waals surface area contributed by atoms with Crippen LogP contribution in [0, 0.1) is 8.98 Å². The first-order valence-corrected chi connectivity index (χ1v) is 6.89. The molecule has 5 nitrogen and oxygen atoms in total. The summed E-state index contributed by atoms with van der Waals surface area (Å²) in [7, 11) is 1.80. The topological polar surface area (TPSA) is 73.9 Å². The first-order valence-electron chi connectivity index (χ1n) is 5.02. The van der Waals surface area contributed by atoms with Gasteiger partial charge in [0.2, 0.25) is 0 Å². The highest BCUT2D eigenvalue weighted by atomic mass is 127. The maximum Gasteiger partial charge on any atom is 0.128 e. The Morgan fingerprint density at radius 2 is 2.47 bits per heavy atom. The fraction of sp³-hybridized carbons (Fsp3) is 0.400. The van der Waals surface area contributed by atoms with Crippen LogP contribution in [0.5, 0.6) is 0 Å². The lowest BCUT2D eigenvalue weighted by Gasteiger charge is -2.12. The number of aromatic nitrogens is 2. The van der Waals surface area contributed by atoms with Gasteiger partial charge in [0.15, 0.2) is 0 Å². The third kappa shape index (κ3) is 3.52. The SMILES string of the molecule is CCN/C(Br)=C(\C=N)C(O)c1nn(C)cc1I. The van der Waals surface area contributed by atoms with E-state index in [9.17, 15) is 5.11 Å². The number of nitrogens with one attached hydrogen (secondary N) is 2. The summed E-state index contributed by atoms with van der Waals surface area (Å²) in [6.45, 7) is 2.66. The second-order valence-corrected chi connectivity index (χ2v) is 5.34. The molecule has 0 aromatic carbocycles. The molecular formula is C10H14BrIN4O. The summed E-state index contributed by atoms with van der Waals surface area (Å²) in [6.07, 6.45) is 2.04. The van der Waals surface area contributed by atoms with Gasteiger partial charge in [0.1, 0.15) is 11.8 Å². The highest BCUT2D eigenvalue weighted by Crippen LogP contribution is 2.26. The van der Waals surface area contributed by atoms with Crippen LogP contribution in [0.2, 0.25) is 0 Å². The summed E-state index contributed by atoms with van der Waals surface area (Å²) < 4.78 is 3.13. The summed E-state index contributed by atoms with van der Waals surface area (Å²) in [4.78, 5) is 0. The molecule has 0 amide bonds. The van der Waals surface area contributed by atoms with E-state index in [1.165, 1.54) is 0 Å². The van der Waals surface area contributed by atoms with E-state index in [4.69, 9.17) is 5.41 Å². The van der Waals surface area contributed by atoms with E-state index in [1.807, 2.05) is 13.1 Å². The van der Waals surface area contributed by atoms with Gasteiger partial charge < -0.3 is 15.8 Å². The number of hydrogen-bond donors (Lipinski definition) is 3. The monoisotopic (exact) mass is 412 g/mol. The molecule has 7 heteroatoms. The molecule has 1 unspecified atom stereocenters. The molecule has 1 rings (SSSR count). The minimum atomic E-state index is -0.908. The van der Waals surface area contributed by atoms with E-state index in [1.54, 1.807) is 11.7 Å². The van der Waals surface area contributed by atoms with E-state index in [0.717, 1.165) is 9.78 Å². The molecular weight excluding hydrogens is 399 g/mol. The third-order valence-corrected chi connectivity index (χ3v) is 3.67. The average Bonchev–Trinajstić information content (AvgIpc) is 2.59. The molecule has 0 aliphatic rings. The van der Waals surface area contributed by atoms with Crippen molar-refractivity contribution < 1.29 is 5.11 Å². The number of nitrogens with zero attached hydrogens (tertiary/aromatic N) is 2. The predicted molar refractivity (Wildman–Crippen MR) is 79.3 cm³/mol. The standard InChI is InChI=1S/C10H14BrIN4O/c1-3-14-10(11)6(4-13)9(17)8-7(12)5-16(2)15-8/h4-5,9,13-14,17H,3H2,1-2H3/b10-6+,13-4?. The van der Waals surface area contributed by atoms with Crippen molar-refractivity contribution in [2.24, 2.45) is 7.05 Å². The summed E-state index contributed by atoms with van der Waals surface area (Å²) in [5.74, 6) is 0. The van der Waals surface area contributed by atoms with Crippen LogP contribution >= 0.6 is 38.5 Å². The molecule has 0 aliphatic heterocycles. The molecule has 1 heterocycles. The van der Waals surface area contributed by atoms with Crippen LogP contribution in [0.15, 0.2) is 16.4 Å². The Morgan fingerprint density at radius 1 is 1.82 bits per heavy atom. The summed E-state index contributed by atoms with van der Waals surface area (Å²) in [5, 5.41) is 24.8. The molecule has 0 radical (unpaired) electrons. The van der Waals surface area contributed by atoms with E-state index >= 15 is 0 Å². The van der Waals surface area contributed by atoms with Gasteiger partial charge in [0.05, 0.1) is 8.18 Å². The van der Waals surface area contributed by atoms with Crippen LogP contribution < -0.4 is 5.32 Å². The minimum Gasteiger partial charge on any atom is -0.382 e. The first-order chi connectivity index (χ1) is 8.01. The van der Waals surface area contributed by atoms with Crippen molar-refractivity contribution in [1.29, 1.82) is 5.41 Å². The Bertz CT molecular complexity index is 444. The Labute approximate surface area is 122 Å². The Hall–Kier alpha value is -0.410. The lowest BCUT2D eigenvalue weighted by molar-refractivity contribution is 0.215. The molecule has 0 bridgehead atoms. The Kier molecular flexibility index (Phi) is 5.60. The molecule has 94 valence electrons. The Balaban J connectivity index is 3.09. The smallest absolute Gasteiger partial charge is 0.128 e. The lowest BCUT2D eigenvalue weighted by Crippen LogP contribution is -2.15. The number of rotatable bonds is 5. The number of hydrogen-bond acceptors (Lipinski definition) is 4. The van der Waals surface area contributed by atoms with Gasteiger partial charge in [-0.25, -0.2) is 0 Å². The average molecular weight is 413 g/mol. The van der Waals surface area contributed by atoms with Crippen LogP contribution in [0.1, 0.15) is 18.7 Å². The maximum absolute atomic E-state index is 10.2. The van der Waals surface area contributed by atoms with Gasteiger partial charge in [0.25, 0.3) is 0 Å². The predicted octanol–water partition coefficient (Wildman–Crippen LogP) is 1.92. The van der Waals surface area contributed by atoms with Gasteiger partial charge in [-0.1, -0.05) is 0 Å². The number of halogens is 2. The van der Waals surface area contributed by atoms with Crippen LogP contribution in [0.4, 0.5) is 0 Å². The van der Waals surface area contributed by atoms with Gasteiger partial charge in [-0.15, -0.1) is 0 Å². The first kappa shape index (κ1) is 14.7. The van der Waals surface area contributed by atoms with Crippen molar-refractivity contribution in [2.45, 2.75) is 13.0 Å². The van der Waals surface area contributed by atoms with Crippen LogP contribution in [-0.4, -0.2) is 27.6 Å². The molecule has 17 heavy (non-hydrogen) atoms. The molecule has 1 atom stereocenters. The number of aliphatic hydroxyl groups excluding tert-OH is 1. The fourth-order valence-corrected chi connectivity index (χ4v) is 2.75. The summed E-state index contributed by atoms with van der Waals surface area (Å²) in [6, 6.07) is 0. The van der Waals surface area contributed by atoms with Gasteiger partial charge >= 0.3 is 0 Å². The molecule has 0 fully saturated rings. The zero-order valence-corrected chi connectivity index (χ0v) is 13.3. The lowest BCUT2D eigenvalue weighted by atomic mass is 10.1. The molecule has 0 spiro atoms. The second kappa shape index (κ2) is 6.50. The van der Waals surface area contributed by atoms with E-state index in [-0.39, 0.29) is 0 Å². The van der Waals surface area contributed by atoms with Crippen molar-refractivity contribution in [1.82, 2.24) is 15.1 Å². The van der Waals surface area contributed by atoms with Gasteiger partial charge in [-0.05, 0) is 45.4 Å². The molecule has 1 aromatic heterocycles. The third-order valence-electron chi connectivity index (χ3n) is 2.10. The van der Waals surface area contributed by atoms with E-state index in [2.05, 4.69) is 48.9 Å². The maximum atomic E-state index is 10.2. The normalized spacial score (nSPS) is 14.2. The van der Waals surface area contributed by atoms with Crippen molar-refractivity contribution in [3.8, 4) is 0 Å².